The summed E-state index contributed by atoms with van der Waals surface area (Å²) in [4.78, 5) is 13.8. The Morgan fingerprint density at radius 3 is 2.92 bits per heavy atom. The lowest BCUT2D eigenvalue weighted by molar-refractivity contribution is -0.116. The van der Waals surface area contributed by atoms with Gasteiger partial charge >= 0.3 is 0 Å². The van der Waals surface area contributed by atoms with Crippen LogP contribution in [-0.4, -0.2) is 39.6 Å². The number of hydrogen-bond acceptors (Lipinski definition) is 4. The molecule has 0 unspecified atom stereocenters. The third kappa shape index (κ3) is 2.86. The molecule has 0 spiro atoms. The Hall–Kier alpha value is -1.44. The first-order valence-electron chi connectivity index (χ1n) is 9.47. The first-order valence-corrected chi connectivity index (χ1v) is 11.0. The second-order valence-corrected chi connectivity index (χ2v) is 9.29. The molecule has 4 atom stereocenters. The first-order chi connectivity index (χ1) is 12.4. The Bertz CT molecular complexity index is 823. The minimum atomic E-state index is -3.58. The number of carbonyl (C=O) groups excluding carboxylic acids is 1. The minimum Gasteiger partial charge on any atom is -0.378 e. The molecule has 1 saturated heterocycles. The Kier molecular flexibility index (Phi) is 4.57. The molecule has 4 rings (SSSR count). The molecular weight excluding hydrogens is 352 g/mol. The van der Waals surface area contributed by atoms with Crippen LogP contribution in [0, 0.1) is 11.8 Å². The number of sulfonamides is 1. The van der Waals surface area contributed by atoms with Gasteiger partial charge in [-0.05, 0) is 49.4 Å². The number of anilines is 1. The third-order valence-corrected chi connectivity index (χ3v) is 7.61. The lowest BCUT2D eigenvalue weighted by atomic mass is 9.66. The third-order valence-electron chi connectivity index (χ3n) is 6.15. The molecule has 2 fully saturated rings. The van der Waals surface area contributed by atoms with Gasteiger partial charge in [0.1, 0.15) is 0 Å². The SMILES string of the molecule is CC[C@@H]1[C@@H](NS(=O)(=O)c2ccc3c(c2)CCCN3C(C)=O)[C@@H]2CCO[C@H]12. The monoisotopic (exact) mass is 378 g/mol. The zero-order valence-corrected chi connectivity index (χ0v) is 16.1. The standard InChI is InChI=1S/C19H26N2O4S/c1-3-15-18(16-8-10-25-19(15)16)20-26(23,24)14-6-7-17-13(11-14)5-4-9-21(17)12(2)22/h6-7,11,15-16,18-20H,3-5,8-10H2,1-2H3/t15-,16+,18-,19-/m1/s1. The molecule has 142 valence electrons. The van der Waals surface area contributed by atoms with Crippen LogP contribution in [0.2, 0.25) is 0 Å². The quantitative estimate of drug-likeness (QED) is 0.870. The molecule has 1 saturated carbocycles. The van der Waals surface area contributed by atoms with Gasteiger partial charge in [-0.1, -0.05) is 6.92 Å². The van der Waals surface area contributed by atoms with Gasteiger partial charge in [0.25, 0.3) is 0 Å². The number of hydrogen-bond donors (Lipinski definition) is 1. The van der Waals surface area contributed by atoms with Gasteiger partial charge in [-0.25, -0.2) is 13.1 Å². The Balaban J connectivity index is 1.58. The summed E-state index contributed by atoms with van der Waals surface area (Å²) >= 11 is 0. The van der Waals surface area contributed by atoms with E-state index in [-0.39, 0.29) is 24.0 Å². The van der Waals surface area contributed by atoms with Crippen LogP contribution in [0.15, 0.2) is 23.1 Å². The summed E-state index contributed by atoms with van der Waals surface area (Å²) in [6.45, 7) is 5.04. The van der Waals surface area contributed by atoms with E-state index in [0.717, 1.165) is 43.5 Å². The highest BCUT2D eigenvalue weighted by molar-refractivity contribution is 7.89. The highest BCUT2D eigenvalue weighted by atomic mass is 32.2. The van der Waals surface area contributed by atoms with Crippen molar-refractivity contribution in [2.45, 2.75) is 56.6 Å². The Labute approximate surface area is 155 Å². The van der Waals surface area contributed by atoms with E-state index in [1.807, 2.05) is 0 Å². The van der Waals surface area contributed by atoms with Crippen LogP contribution in [0.4, 0.5) is 5.69 Å². The molecule has 26 heavy (non-hydrogen) atoms. The number of amides is 1. The van der Waals surface area contributed by atoms with Crippen molar-refractivity contribution in [3.63, 3.8) is 0 Å². The molecule has 1 amide bonds. The minimum absolute atomic E-state index is 0.00721. The number of nitrogens with one attached hydrogen (secondary N) is 1. The van der Waals surface area contributed by atoms with Crippen molar-refractivity contribution in [2.75, 3.05) is 18.1 Å². The van der Waals surface area contributed by atoms with Gasteiger partial charge in [0.2, 0.25) is 15.9 Å². The summed E-state index contributed by atoms with van der Waals surface area (Å²) in [6, 6.07) is 5.08. The summed E-state index contributed by atoms with van der Waals surface area (Å²) in [6.07, 6.45) is 3.69. The fraction of sp³-hybridized carbons (Fsp3) is 0.632. The van der Waals surface area contributed by atoms with Crippen LogP contribution in [0.1, 0.15) is 38.7 Å². The number of ether oxygens (including phenoxy) is 1. The average molecular weight is 378 g/mol. The molecule has 0 aromatic heterocycles. The van der Waals surface area contributed by atoms with Crippen molar-refractivity contribution in [2.24, 2.45) is 11.8 Å². The van der Waals surface area contributed by atoms with E-state index < -0.39 is 10.0 Å². The predicted octanol–water partition coefficient (Wildman–Crippen LogP) is 2.08. The van der Waals surface area contributed by atoms with Crippen molar-refractivity contribution in [1.29, 1.82) is 0 Å². The molecule has 1 aromatic carbocycles. The van der Waals surface area contributed by atoms with E-state index in [2.05, 4.69) is 11.6 Å². The Morgan fingerprint density at radius 1 is 1.38 bits per heavy atom. The molecular formula is C19H26N2O4S. The van der Waals surface area contributed by atoms with Gasteiger partial charge < -0.3 is 9.64 Å². The summed E-state index contributed by atoms with van der Waals surface area (Å²) in [5.41, 5.74) is 1.76. The lowest BCUT2D eigenvalue weighted by Gasteiger charge is -2.47. The summed E-state index contributed by atoms with van der Waals surface area (Å²) < 4.78 is 34.6. The molecule has 0 radical (unpaired) electrons. The van der Waals surface area contributed by atoms with Crippen molar-refractivity contribution in [3.05, 3.63) is 23.8 Å². The van der Waals surface area contributed by atoms with Gasteiger partial charge in [-0.15, -0.1) is 0 Å². The normalized spacial score (nSPS) is 30.5. The molecule has 2 heterocycles. The summed E-state index contributed by atoms with van der Waals surface area (Å²) in [7, 11) is -3.58. The van der Waals surface area contributed by atoms with E-state index in [1.165, 1.54) is 0 Å². The van der Waals surface area contributed by atoms with E-state index in [4.69, 9.17) is 4.74 Å². The van der Waals surface area contributed by atoms with E-state index in [1.54, 1.807) is 30.0 Å². The second kappa shape index (κ2) is 6.62. The van der Waals surface area contributed by atoms with Crippen LogP contribution < -0.4 is 9.62 Å². The second-order valence-electron chi connectivity index (χ2n) is 7.57. The number of fused-ring (bicyclic) bond motifs is 2. The van der Waals surface area contributed by atoms with Crippen LogP contribution in [0.25, 0.3) is 0 Å². The fourth-order valence-corrected chi connectivity index (χ4v) is 6.19. The summed E-state index contributed by atoms with van der Waals surface area (Å²) in [5.74, 6) is 0.538. The van der Waals surface area contributed by atoms with Crippen LogP contribution in [0.3, 0.4) is 0 Å². The van der Waals surface area contributed by atoms with Crippen molar-refractivity contribution in [3.8, 4) is 0 Å². The van der Waals surface area contributed by atoms with Crippen molar-refractivity contribution in [1.82, 2.24) is 4.72 Å². The molecule has 0 bridgehead atoms. The van der Waals surface area contributed by atoms with Gasteiger partial charge in [-0.2, -0.15) is 0 Å². The first kappa shape index (κ1) is 17.9. The van der Waals surface area contributed by atoms with Crippen LogP contribution in [-0.2, 0) is 26.0 Å². The maximum absolute atomic E-state index is 13.0. The zero-order chi connectivity index (χ0) is 18.5. The smallest absolute Gasteiger partial charge is 0.240 e. The molecule has 3 aliphatic rings. The number of aryl methyl sites for hydroxylation is 1. The summed E-state index contributed by atoms with van der Waals surface area (Å²) in [5, 5.41) is 0. The molecule has 1 N–H and O–H groups in total. The maximum atomic E-state index is 13.0. The number of rotatable bonds is 4. The fourth-order valence-electron chi connectivity index (χ4n) is 4.81. The largest absolute Gasteiger partial charge is 0.378 e. The maximum Gasteiger partial charge on any atom is 0.240 e. The number of nitrogens with zero attached hydrogens (tertiary/aromatic N) is 1. The van der Waals surface area contributed by atoms with Crippen LogP contribution in [0.5, 0.6) is 0 Å². The van der Waals surface area contributed by atoms with Gasteiger partial charge in [0.05, 0.1) is 11.0 Å². The molecule has 2 aliphatic heterocycles. The molecule has 1 aliphatic carbocycles. The van der Waals surface area contributed by atoms with Gasteiger partial charge in [0.15, 0.2) is 0 Å². The van der Waals surface area contributed by atoms with Crippen molar-refractivity contribution < 1.29 is 17.9 Å². The topological polar surface area (TPSA) is 75.7 Å². The number of benzene rings is 1. The lowest BCUT2D eigenvalue weighted by Crippen LogP contribution is -2.61. The number of carbonyl (C=O) groups is 1. The van der Waals surface area contributed by atoms with Gasteiger partial charge in [0, 0.05) is 43.6 Å². The van der Waals surface area contributed by atoms with E-state index in [9.17, 15) is 13.2 Å². The predicted molar refractivity (Wildman–Crippen MR) is 98.5 cm³/mol. The zero-order valence-electron chi connectivity index (χ0n) is 15.3. The van der Waals surface area contributed by atoms with Crippen molar-refractivity contribution >= 4 is 21.6 Å². The van der Waals surface area contributed by atoms with Gasteiger partial charge in [-0.3, -0.25) is 4.79 Å². The highest BCUT2D eigenvalue weighted by Crippen LogP contribution is 2.45. The highest BCUT2D eigenvalue weighted by Gasteiger charge is 2.54. The van der Waals surface area contributed by atoms with Crippen LogP contribution >= 0.6 is 0 Å². The Morgan fingerprint density at radius 2 is 2.19 bits per heavy atom. The molecule has 1 aromatic rings. The van der Waals surface area contributed by atoms with E-state index >= 15 is 0 Å². The van der Waals surface area contributed by atoms with E-state index in [0.29, 0.717) is 17.4 Å². The molecule has 6 nitrogen and oxygen atoms in total. The molecule has 7 heteroatoms. The average Bonchev–Trinajstić information content (AvgIpc) is 3.03.